The van der Waals surface area contributed by atoms with Gasteiger partial charge in [0.05, 0.1) is 6.20 Å². The average Bonchev–Trinajstić information content (AvgIpc) is 3.40. The van der Waals surface area contributed by atoms with Crippen molar-refractivity contribution < 1.29 is 13.2 Å². The number of aromatic nitrogens is 4. The smallest absolute Gasteiger partial charge is 0.240 e. The Morgan fingerprint density at radius 3 is 2.55 bits per heavy atom. The lowest BCUT2D eigenvalue weighted by atomic mass is 10.1. The first-order valence-corrected chi connectivity index (χ1v) is 11.1. The Balaban J connectivity index is 1.90. The largest absolute Gasteiger partial charge is 0.455 e. The number of primary sulfonamides is 1. The number of halogens is 1. The molecule has 0 radical (unpaired) electrons. The molecule has 13 heteroatoms. The summed E-state index contributed by atoms with van der Waals surface area (Å²) in [7, 11) is -4.30. The maximum Gasteiger partial charge on any atom is 0.240 e. The lowest BCUT2D eigenvalue weighted by Crippen LogP contribution is -2.16. The van der Waals surface area contributed by atoms with Crippen LogP contribution in [0.15, 0.2) is 47.8 Å². The highest BCUT2D eigenvalue weighted by Crippen LogP contribution is 2.41. The molecule has 4 aromatic rings. The second-order valence-corrected chi connectivity index (χ2v) is 8.87. The van der Waals surface area contributed by atoms with E-state index in [0.29, 0.717) is 21.2 Å². The number of nitrogens with zero attached hydrogens (tertiary/aromatic N) is 4. The second-order valence-electron chi connectivity index (χ2n) is 6.16. The fourth-order valence-electron chi connectivity index (χ4n) is 2.94. The van der Waals surface area contributed by atoms with Crippen LogP contribution in [0.1, 0.15) is 5.56 Å². The molecule has 2 heterocycles. The van der Waals surface area contributed by atoms with Crippen LogP contribution in [-0.4, -0.2) is 28.0 Å². The minimum Gasteiger partial charge on any atom is -0.455 e. The highest BCUT2D eigenvalue weighted by atomic mass is 35.5. The molecular formula is C18H12ClN7O3S2. The fourth-order valence-corrected chi connectivity index (χ4v) is 4.64. The van der Waals surface area contributed by atoms with Crippen LogP contribution in [0, 0.1) is 11.3 Å². The van der Waals surface area contributed by atoms with Crippen LogP contribution in [0.5, 0.6) is 11.5 Å². The number of nitrogen functional groups attached to an aromatic ring is 1. The minimum absolute atomic E-state index is 0.0228. The van der Waals surface area contributed by atoms with E-state index in [4.69, 9.17) is 27.2 Å². The van der Waals surface area contributed by atoms with Crippen molar-refractivity contribution in [3.63, 3.8) is 0 Å². The number of aromatic amines is 1. The first-order chi connectivity index (χ1) is 14.8. The number of nitrogens with one attached hydrogen (secondary N) is 1. The van der Waals surface area contributed by atoms with Crippen LogP contribution < -0.4 is 15.6 Å². The Kier molecular flexibility index (Phi) is 5.34. The quantitative estimate of drug-likeness (QED) is 0.396. The number of nitriles is 1. The Hall–Kier alpha value is -3.50. The van der Waals surface area contributed by atoms with Crippen molar-refractivity contribution in [2.45, 2.75) is 4.90 Å². The molecule has 0 aliphatic carbocycles. The third kappa shape index (κ3) is 3.94. The number of hydrogen-bond acceptors (Lipinski definition) is 9. The highest BCUT2D eigenvalue weighted by Gasteiger charge is 2.26. The van der Waals surface area contributed by atoms with Gasteiger partial charge in [0.25, 0.3) is 0 Å². The van der Waals surface area contributed by atoms with Gasteiger partial charge in [-0.1, -0.05) is 11.6 Å². The normalized spacial score (nSPS) is 11.3. The molecule has 10 nitrogen and oxygen atoms in total. The van der Waals surface area contributed by atoms with Crippen molar-refractivity contribution in [2.75, 3.05) is 5.73 Å². The lowest BCUT2D eigenvalue weighted by Gasteiger charge is -2.15. The zero-order valence-corrected chi connectivity index (χ0v) is 17.8. The van der Waals surface area contributed by atoms with Crippen LogP contribution >= 0.6 is 23.1 Å². The summed E-state index contributed by atoms with van der Waals surface area (Å²) in [6.07, 6.45) is 2.77. The van der Waals surface area contributed by atoms with Crippen molar-refractivity contribution in [3.8, 4) is 39.3 Å². The second kappa shape index (κ2) is 7.97. The van der Waals surface area contributed by atoms with Gasteiger partial charge in [-0.05, 0) is 41.9 Å². The number of ether oxygens (including phenoxy) is 1. The minimum atomic E-state index is -4.30. The number of hydrogen-bond donors (Lipinski definition) is 3. The summed E-state index contributed by atoms with van der Waals surface area (Å²) in [5.74, 6) is 0.535. The lowest BCUT2D eigenvalue weighted by molar-refractivity contribution is 0.481. The zero-order chi connectivity index (χ0) is 22.2. The molecule has 0 fully saturated rings. The van der Waals surface area contributed by atoms with Gasteiger partial charge in [-0.15, -0.1) is 0 Å². The maximum absolute atomic E-state index is 12.4. The molecule has 0 aliphatic heterocycles. The number of nitrogens with two attached hydrogens (primary N) is 2. The summed E-state index contributed by atoms with van der Waals surface area (Å²) in [5, 5.41) is 22.4. The topological polar surface area (TPSA) is 174 Å². The van der Waals surface area contributed by atoms with Crippen molar-refractivity contribution in [3.05, 3.63) is 53.4 Å². The van der Waals surface area contributed by atoms with E-state index in [2.05, 4.69) is 19.6 Å². The van der Waals surface area contributed by atoms with E-state index in [1.54, 1.807) is 18.2 Å². The summed E-state index contributed by atoms with van der Waals surface area (Å²) in [5.41, 5.74) is 6.82. The van der Waals surface area contributed by atoms with E-state index < -0.39 is 14.9 Å². The summed E-state index contributed by atoms with van der Waals surface area (Å²) in [6.45, 7) is 0. The summed E-state index contributed by atoms with van der Waals surface area (Å²) in [4.78, 5) is 3.61. The summed E-state index contributed by atoms with van der Waals surface area (Å²) >= 11 is 7.09. The van der Waals surface area contributed by atoms with Crippen LogP contribution in [0.3, 0.4) is 0 Å². The molecule has 0 saturated carbocycles. The first-order valence-electron chi connectivity index (χ1n) is 8.43. The van der Waals surface area contributed by atoms with E-state index in [9.17, 15) is 13.7 Å². The standard InChI is InChI=1S/C18H12ClN7O3S2/c19-9-1-3-14(11(5-9)13-7-24-26-17(13)21)29-15-4-2-10(18-23-8-25-30-18)16(12(15)6-20)31(22,27)28/h1-5,7-8H,(H3,21,24,26)(H2,22,27,28). The number of H-pyrrole nitrogens is 1. The molecule has 5 N–H and O–H groups in total. The SMILES string of the molecule is N#Cc1c(Oc2ccc(Cl)cc2-c2cn[nH]c2N)ccc(-c2ncns2)c1S(N)(=O)=O. The Bertz CT molecular complexity index is 1430. The summed E-state index contributed by atoms with van der Waals surface area (Å²) < 4.78 is 34.5. The van der Waals surface area contributed by atoms with Gasteiger partial charge in [-0.3, -0.25) is 5.10 Å². The Labute approximate surface area is 185 Å². The van der Waals surface area contributed by atoms with Crippen molar-refractivity contribution in [1.29, 1.82) is 5.26 Å². The predicted octanol–water partition coefficient (Wildman–Crippen LogP) is 3.14. The number of anilines is 1. The summed E-state index contributed by atoms with van der Waals surface area (Å²) in [6, 6.07) is 9.55. The van der Waals surface area contributed by atoms with Gasteiger partial charge in [0.15, 0.2) is 0 Å². The van der Waals surface area contributed by atoms with Crippen LogP contribution in [0.25, 0.3) is 21.7 Å². The van der Waals surface area contributed by atoms with Crippen molar-refractivity contribution in [1.82, 2.24) is 19.6 Å². The van der Waals surface area contributed by atoms with Gasteiger partial charge in [-0.2, -0.15) is 14.7 Å². The Morgan fingerprint density at radius 1 is 1.16 bits per heavy atom. The van der Waals surface area contributed by atoms with Gasteiger partial charge < -0.3 is 10.5 Å². The van der Waals surface area contributed by atoms with Gasteiger partial charge in [-0.25, -0.2) is 18.5 Å². The van der Waals surface area contributed by atoms with E-state index >= 15 is 0 Å². The number of benzene rings is 2. The fraction of sp³-hybridized carbons (Fsp3) is 0. The van der Waals surface area contributed by atoms with Crippen LogP contribution in [0.2, 0.25) is 5.02 Å². The number of sulfonamides is 1. The van der Waals surface area contributed by atoms with E-state index in [1.807, 2.05) is 6.07 Å². The first kappa shape index (κ1) is 20.8. The van der Waals surface area contributed by atoms with E-state index in [-0.39, 0.29) is 28.4 Å². The number of rotatable bonds is 5. The molecular weight excluding hydrogens is 462 g/mol. The van der Waals surface area contributed by atoms with Gasteiger partial charge in [0.1, 0.15) is 45.2 Å². The third-order valence-corrected chi connectivity index (χ3v) is 6.15. The molecule has 0 spiro atoms. The van der Waals surface area contributed by atoms with Gasteiger partial charge in [0.2, 0.25) is 10.0 Å². The molecule has 0 unspecified atom stereocenters. The van der Waals surface area contributed by atoms with Gasteiger partial charge in [0, 0.05) is 21.7 Å². The molecule has 2 aromatic heterocycles. The van der Waals surface area contributed by atoms with E-state index in [1.165, 1.54) is 24.7 Å². The van der Waals surface area contributed by atoms with E-state index in [0.717, 1.165) is 11.5 Å². The molecule has 0 saturated heterocycles. The molecule has 156 valence electrons. The molecule has 4 rings (SSSR count). The average molecular weight is 474 g/mol. The molecule has 31 heavy (non-hydrogen) atoms. The predicted molar refractivity (Wildman–Crippen MR) is 115 cm³/mol. The van der Waals surface area contributed by atoms with Crippen molar-refractivity contribution in [2.24, 2.45) is 5.14 Å². The molecule has 0 bridgehead atoms. The van der Waals surface area contributed by atoms with Crippen LogP contribution in [0.4, 0.5) is 5.82 Å². The monoisotopic (exact) mass is 473 g/mol. The molecule has 0 amide bonds. The Morgan fingerprint density at radius 2 is 1.94 bits per heavy atom. The third-order valence-electron chi connectivity index (χ3n) is 4.23. The van der Waals surface area contributed by atoms with Crippen LogP contribution in [-0.2, 0) is 10.0 Å². The van der Waals surface area contributed by atoms with Crippen molar-refractivity contribution >= 4 is 39.0 Å². The van der Waals surface area contributed by atoms with Gasteiger partial charge >= 0.3 is 0 Å². The zero-order valence-electron chi connectivity index (χ0n) is 15.4. The maximum atomic E-state index is 12.4. The molecule has 0 atom stereocenters. The molecule has 0 aliphatic rings. The highest BCUT2D eigenvalue weighted by molar-refractivity contribution is 7.89. The molecule has 2 aromatic carbocycles.